The highest BCUT2D eigenvalue weighted by atomic mass is 16.6. The number of benzene rings is 1. The Labute approximate surface area is 165 Å². The molecule has 1 aromatic rings. The van der Waals surface area contributed by atoms with E-state index in [9.17, 15) is 19.5 Å². The molecule has 0 aliphatic carbocycles. The van der Waals surface area contributed by atoms with Crippen molar-refractivity contribution in [3.05, 3.63) is 41.5 Å². The second-order valence-electron chi connectivity index (χ2n) is 7.86. The second-order valence-corrected chi connectivity index (χ2v) is 7.86. The fourth-order valence-corrected chi connectivity index (χ4v) is 2.96. The predicted octanol–water partition coefficient (Wildman–Crippen LogP) is 3.06. The van der Waals surface area contributed by atoms with Crippen molar-refractivity contribution in [2.45, 2.75) is 51.7 Å². The molecule has 1 saturated heterocycles. The SMILES string of the molecule is CC(C)(C)OC(=O)NC1CCN(C(=O)C/C(=C\c2ccccc2)C(=O)O)CC1. The van der Waals surface area contributed by atoms with Crippen molar-refractivity contribution in [3.63, 3.8) is 0 Å². The van der Waals surface area contributed by atoms with E-state index >= 15 is 0 Å². The molecule has 1 heterocycles. The zero-order valence-corrected chi connectivity index (χ0v) is 16.6. The highest BCUT2D eigenvalue weighted by Crippen LogP contribution is 2.17. The van der Waals surface area contributed by atoms with Gasteiger partial charge in [0, 0.05) is 24.7 Å². The molecular formula is C21H28N2O5. The van der Waals surface area contributed by atoms with Crippen LogP contribution in [0.25, 0.3) is 6.08 Å². The molecule has 1 aliphatic heterocycles. The molecule has 0 atom stereocenters. The summed E-state index contributed by atoms with van der Waals surface area (Å²) in [7, 11) is 0. The van der Waals surface area contributed by atoms with Crippen molar-refractivity contribution < 1.29 is 24.2 Å². The average molecular weight is 388 g/mol. The van der Waals surface area contributed by atoms with Crippen LogP contribution in [0.3, 0.4) is 0 Å². The molecule has 152 valence electrons. The second kappa shape index (κ2) is 9.39. The molecule has 2 N–H and O–H groups in total. The Hall–Kier alpha value is -2.83. The molecule has 1 aliphatic rings. The maximum Gasteiger partial charge on any atom is 0.407 e. The monoisotopic (exact) mass is 388 g/mol. The number of hydrogen-bond donors (Lipinski definition) is 2. The number of likely N-dealkylation sites (tertiary alicyclic amines) is 1. The fraction of sp³-hybridized carbons (Fsp3) is 0.476. The lowest BCUT2D eigenvalue weighted by molar-refractivity contribution is -0.136. The van der Waals surface area contributed by atoms with Gasteiger partial charge in [0.15, 0.2) is 0 Å². The summed E-state index contributed by atoms with van der Waals surface area (Å²) < 4.78 is 5.25. The van der Waals surface area contributed by atoms with Crippen molar-refractivity contribution in [3.8, 4) is 0 Å². The maximum absolute atomic E-state index is 12.5. The summed E-state index contributed by atoms with van der Waals surface area (Å²) in [4.78, 5) is 37.5. The van der Waals surface area contributed by atoms with Crippen LogP contribution < -0.4 is 5.32 Å². The first-order valence-corrected chi connectivity index (χ1v) is 9.40. The largest absolute Gasteiger partial charge is 0.478 e. The van der Waals surface area contributed by atoms with Crippen LogP contribution in [-0.2, 0) is 14.3 Å². The van der Waals surface area contributed by atoms with E-state index in [1.807, 2.05) is 18.2 Å². The molecular weight excluding hydrogens is 360 g/mol. The number of ether oxygens (including phenoxy) is 1. The summed E-state index contributed by atoms with van der Waals surface area (Å²) in [6, 6.07) is 9.00. The zero-order valence-electron chi connectivity index (χ0n) is 16.6. The summed E-state index contributed by atoms with van der Waals surface area (Å²) in [5.41, 5.74) is 0.247. The smallest absolute Gasteiger partial charge is 0.407 e. The summed E-state index contributed by atoms with van der Waals surface area (Å²) in [6.07, 6.45) is 2.12. The fourth-order valence-electron chi connectivity index (χ4n) is 2.96. The van der Waals surface area contributed by atoms with Gasteiger partial charge in [0.25, 0.3) is 0 Å². The van der Waals surface area contributed by atoms with E-state index in [0.717, 1.165) is 5.56 Å². The molecule has 2 amide bonds. The molecule has 28 heavy (non-hydrogen) atoms. The van der Waals surface area contributed by atoms with Gasteiger partial charge in [-0.3, -0.25) is 4.79 Å². The van der Waals surface area contributed by atoms with Gasteiger partial charge in [-0.2, -0.15) is 0 Å². The van der Waals surface area contributed by atoms with Gasteiger partial charge in [0.2, 0.25) is 5.91 Å². The molecule has 0 saturated carbocycles. The summed E-state index contributed by atoms with van der Waals surface area (Å²) in [5.74, 6) is -1.32. The van der Waals surface area contributed by atoms with Crippen LogP contribution in [0.5, 0.6) is 0 Å². The van der Waals surface area contributed by atoms with Crippen LogP contribution in [0.2, 0.25) is 0 Å². The number of piperidine rings is 1. The first kappa shape index (κ1) is 21.5. The number of hydrogen-bond acceptors (Lipinski definition) is 4. The van der Waals surface area contributed by atoms with Crippen molar-refractivity contribution in [2.24, 2.45) is 0 Å². The Balaban J connectivity index is 1.88. The Bertz CT molecular complexity index is 729. The van der Waals surface area contributed by atoms with E-state index in [2.05, 4.69) is 5.32 Å². The van der Waals surface area contributed by atoms with Crippen molar-refractivity contribution in [1.29, 1.82) is 0 Å². The first-order chi connectivity index (χ1) is 13.1. The topological polar surface area (TPSA) is 95.9 Å². The van der Waals surface area contributed by atoms with Crippen LogP contribution >= 0.6 is 0 Å². The number of aliphatic carboxylic acids is 1. The van der Waals surface area contributed by atoms with E-state index < -0.39 is 17.7 Å². The number of nitrogens with one attached hydrogen (secondary N) is 1. The molecule has 7 heteroatoms. The normalized spacial score (nSPS) is 15.8. The first-order valence-electron chi connectivity index (χ1n) is 9.40. The summed E-state index contributed by atoms with van der Waals surface area (Å²) >= 11 is 0. The highest BCUT2D eigenvalue weighted by molar-refractivity contribution is 5.98. The Morgan fingerprint density at radius 1 is 1.18 bits per heavy atom. The minimum Gasteiger partial charge on any atom is -0.478 e. The highest BCUT2D eigenvalue weighted by Gasteiger charge is 2.26. The lowest BCUT2D eigenvalue weighted by Gasteiger charge is -2.33. The van der Waals surface area contributed by atoms with Crippen LogP contribution in [0.4, 0.5) is 4.79 Å². The number of carbonyl (C=O) groups excluding carboxylic acids is 2. The maximum atomic E-state index is 12.5. The van der Waals surface area contributed by atoms with E-state index in [1.165, 1.54) is 6.08 Å². The molecule has 0 aromatic heterocycles. The standard InChI is InChI=1S/C21H28N2O5/c1-21(2,3)28-20(27)22-17-9-11-23(12-10-17)18(24)14-16(19(25)26)13-15-7-5-4-6-8-15/h4-8,13,17H,9-12,14H2,1-3H3,(H,22,27)(H,25,26)/b16-13+. The van der Waals surface area contributed by atoms with E-state index in [4.69, 9.17) is 4.74 Å². The Morgan fingerprint density at radius 2 is 1.79 bits per heavy atom. The molecule has 0 spiro atoms. The van der Waals surface area contributed by atoms with Gasteiger partial charge in [0.05, 0.1) is 6.42 Å². The minimum absolute atomic E-state index is 0.0577. The van der Waals surface area contributed by atoms with E-state index in [-0.39, 0.29) is 23.9 Å². The van der Waals surface area contributed by atoms with Gasteiger partial charge in [-0.1, -0.05) is 30.3 Å². The number of amides is 2. The molecule has 0 unspecified atom stereocenters. The number of alkyl carbamates (subject to hydrolysis) is 1. The molecule has 1 fully saturated rings. The van der Waals surface area contributed by atoms with E-state index in [0.29, 0.717) is 25.9 Å². The number of rotatable bonds is 5. The minimum atomic E-state index is -1.10. The Kier molecular flexibility index (Phi) is 7.20. The third-order valence-corrected chi connectivity index (χ3v) is 4.33. The van der Waals surface area contributed by atoms with Crippen molar-refractivity contribution in [2.75, 3.05) is 13.1 Å². The van der Waals surface area contributed by atoms with Crippen LogP contribution in [0.1, 0.15) is 45.6 Å². The van der Waals surface area contributed by atoms with Gasteiger partial charge in [0.1, 0.15) is 5.60 Å². The van der Waals surface area contributed by atoms with Crippen molar-refractivity contribution >= 4 is 24.0 Å². The molecule has 2 rings (SSSR count). The third kappa shape index (κ3) is 7.06. The van der Waals surface area contributed by atoms with Gasteiger partial charge < -0.3 is 20.1 Å². The quantitative estimate of drug-likeness (QED) is 0.756. The van der Waals surface area contributed by atoms with Gasteiger partial charge in [-0.15, -0.1) is 0 Å². The predicted molar refractivity (Wildman–Crippen MR) is 106 cm³/mol. The lowest BCUT2D eigenvalue weighted by atomic mass is 10.0. The number of carboxylic acid groups (broad SMARTS) is 1. The molecule has 0 radical (unpaired) electrons. The zero-order chi connectivity index (χ0) is 20.7. The van der Waals surface area contributed by atoms with Gasteiger partial charge in [-0.05, 0) is 45.3 Å². The van der Waals surface area contributed by atoms with Crippen molar-refractivity contribution in [1.82, 2.24) is 10.2 Å². The van der Waals surface area contributed by atoms with Crippen LogP contribution in [0, 0.1) is 0 Å². The Morgan fingerprint density at radius 3 is 2.32 bits per heavy atom. The molecule has 7 nitrogen and oxygen atoms in total. The van der Waals surface area contributed by atoms with Gasteiger partial charge >= 0.3 is 12.1 Å². The summed E-state index contributed by atoms with van der Waals surface area (Å²) in [5, 5.41) is 12.2. The van der Waals surface area contributed by atoms with Crippen LogP contribution in [-0.4, -0.2) is 52.7 Å². The van der Waals surface area contributed by atoms with E-state index in [1.54, 1.807) is 37.8 Å². The number of carbonyl (C=O) groups is 3. The number of carboxylic acids is 1. The molecule has 0 bridgehead atoms. The van der Waals surface area contributed by atoms with Gasteiger partial charge in [-0.25, -0.2) is 9.59 Å². The van der Waals surface area contributed by atoms with Crippen LogP contribution in [0.15, 0.2) is 35.9 Å². The lowest BCUT2D eigenvalue weighted by Crippen LogP contribution is -2.47. The summed E-state index contributed by atoms with van der Waals surface area (Å²) in [6.45, 7) is 6.35. The third-order valence-electron chi connectivity index (χ3n) is 4.33. The number of nitrogens with zero attached hydrogens (tertiary/aromatic N) is 1. The molecule has 1 aromatic carbocycles. The average Bonchev–Trinajstić information content (AvgIpc) is 2.60.